The van der Waals surface area contributed by atoms with E-state index in [1.807, 2.05) is 0 Å². The number of hydrogen-bond acceptors (Lipinski definition) is 2. The predicted octanol–water partition coefficient (Wildman–Crippen LogP) is 4.32. The maximum atomic E-state index is 3.94. The van der Waals surface area contributed by atoms with E-state index in [0.717, 1.165) is 17.9 Å². The Kier molecular flexibility index (Phi) is 5.44. The van der Waals surface area contributed by atoms with Crippen LogP contribution < -0.4 is 5.32 Å². The lowest BCUT2D eigenvalue weighted by Gasteiger charge is -2.41. The van der Waals surface area contributed by atoms with Gasteiger partial charge >= 0.3 is 0 Å². The fraction of sp³-hybridized carbons (Fsp3) is 1.00. The molecule has 2 fully saturated rings. The van der Waals surface area contributed by atoms with E-state index in [0.29, 0.717) is 5.41 Å². The normalized spacial score (nSPS) is 31.5. The van der Waals surface area contributed by atoms with Crippen molar-refractivity contribution in [1.29, 1.82) is 0 Å². The largest absolute Gasteiger partial charge is 0.313 e. The molecule has 0 amide bonds. The molecule has 1 aliphatic heterocycles. The first-order chi connectivity index (χ1) is 8.57. The molecule has 0 radical (unpaired) electrons. The third-order valence-corrected chi connectivity index (χ3v) is 5.94. The van der Waals surface area contributed by atoms with E-state index < -0.39 is 0 Å². The maximum absolute atomic E-state index is 3.94. The molecular weight excluding hydrogens is 238 g/mol. The van der Waals surface area contributed by atoms with E-state index >= 15 is 0 Å². The summed E-state index contributed by atoms with van der Waals surface area (Å²) in [5, 5.41) is 3.94. The van der Waals surface area contributed by atoms with Gasteiger partial charge in [-0.15, -0.1) is 0 Å². The minimum Gasteiger partial charge on any atom is -0.313 e. The molecule has 1 saturated carbocycles. The Bertz CT molecular complexity index is 240. The molecule has 1 N–H and O–H groups in total. The Hall–Kier alpha value is 0.310. The summed E-state index contributed by atoms with van der Waals surface area (Å²) in [6, 6.07) is 0.785. The van der Waals surface area contributed by atoms with Gasteiger partial charge < -0.3 is 5.32 Å². The van der Waals surface area contributed by atoms with Crippen LogP contribution in [0.15, 0.2) is 0 Å². The zero-order valence-electron chi connectivity index (χ0n) is 12.5. The summed E-state index contributed by atoms with van der Waals surface area (Å²) >= 11 is 2.14. The molecule has 2 heteroatoms. The van der Waals surface area contributed by atoms with Gasteiger partial charge in [0, 0.05) is 6.04 Å². The average molecular weight is 269 g/mol. The molecule has 0 bridgehead atoms. The van der Waals surface area contributed by atoms with Crippen molar-refractivity contribution in [3.63, 3.8) is 0 Å². The molecule has 0 aromatic heterocycles. The summed E-state index contributed by atoms with van der Waals surface area (Å²) in [6.07, 6.45) is 8.59. The van der Waals surface area contributed by atoms with Crippen LogP contribution in [0.5, 0.6) is 0 Å². The van der Waals surface area contributed by atoms with Crippen LogP contribution in [0.3, 0.4) is 0 Å². The molecule has 1 saturated heterocycles. The molecule has 106 valence electrons. The molecule has 0 aromatic rings. The molecule has 2 unspecified atom stereocenters. The molecule has 2 aliphatic rings. The van der Waals surface area contributed by atoms with E-state index in [1.54, 1.807) is 0 Å². The lowest BCUT2D eigenvalue weighted by molar-refractivity contribution is 0.127. The quantitative estimate of drug-likeness (QED) is 0.818. The zero-order chi connectivity index (χ0) is 13.0. The number of rotatable bonds is 3. The zero-order valence-corrected chi connectivity index (χ0v) is 13.3. The first-order valence-corrected chi connectivity index (χ1v) is 9.04. The number of nitrogens with one attached hydrogen (secondary N) is 1. The third-order valence-electron chi connectivity index (χ3n) is 4.89. The summed E-state index contributed by atoms with van der Waals surface area (Å²) < 4.78 is 0. The van der Waals surface area contributed by atoms with E-state index in [9.17, 15) is 0 Å². The Morgan fingerprint density at radius 2 is 1.67 bits per heavy atom. The van der Waals surface area contributed by atoms with Gasteiger partial charge in [0.1, 0.15) is 0 Å². The third kappa shape index (κ3) is 4.16. The highest BCUT2D eigenvalue weighted by Crippen LogP contribution is 2.38. The summed E-state index contributed by atoms with van der Waals surface area (Å²) in [5.74, 6) is 4.61. The summed E-state index contributed by atoms with van der Waals surface area (Å²) in [7, 11) is 0. The molecule has 1 nitrogen and oxygen atoms in total. The highest BCUT2D eigenvalue weighted by molar-refractivity contribution is 7.99. The van der Waals surface area contributed by atoms with Crippen molar-refractivity contribution in [2.45, 2.75) is 65.3 Å². The second-order valence-corrected chi connectivity index (χ2v) is 8.55. The fourth-order valence-electron chi connectivity index (χ4n) is 3.68. The second kappa shape index (κ2) is 6.65. The van der Waals surface area contributed by atoms with Crippen molar-refractivity contribution < 1.29 is 0 Å². The van der Waals surface area contributed by atoms with Crippen molar-refractivity contribution >= 4 is 11.8 Å². The van der Waals surface area contributed by atoms with Crippen molar-refractivity contribution in [2.24, 2.45) is 17.3 Å². The van der Waals surface area contributed by atoms with Gasteiger partial charge in [-0.1, -0.05) is 33.6 Å². The average Bonchev–Trinajstić information content (AvgIpc) is 2.37. The van der Waals surface area contributed by atoms with E-state index in [1.165, 1.54) is 56.6 Å². The van der Waals surface area contributed by atoms with Crippen LogP contribution in [0.1, 0.15) is 59.3 Å². The van der Waals surface area contributed by atoms with Crippen molar-refractivity contribution in [2.75, 3.05) is 18.1 Å². The predicted molar refractivity (Wildman–Crippen MR) is 83.3 cm³/mol. The summed E-state index contributed by atoms with van der Waals surface area (Å²) in [5.41, 5.74) is 0.473. The van der Waals surface area contributed by atoms with Gasteiger partial charge in [0.25, 0.3) is 0 Å². The van der Waals surface area contributed by atoms with E-state index in [2.05, 4.69) is 37.8 Å². The van der Waals surface area contributed by atoms with Gasteiger partial charge in [0.15, 0.2) is 0 Å². The molecule has 2 rings (SSSR count). The fourth-order valence-corrected chi connectivity index (χ4v) is 4.88. The van der Waals surface area contributed by atoms with Crippen LogP contribution in [-0.2, 0) is 0 Å². The monoisotopic (exact) mass is 269 g/mol. The van der Waals surface area contributed by atoms with Crippen LogP contribution in [0.25, 0.3) is 0 Å². The maximum Gasteiger partial charge on any atom is 0.0100 e. The van der Waals surface area contributed by atoms with Crippen LogP contribution in [-0.4, -0.2) is 24.1 Å². The lowest BCUT2D eigenvalue weighted by atomic mass is 9.69. The molecule has 0 aromatic carbocycles. The topological polar surface area (TPSA) is 12.0 Å². The summed E-state index contributed by atoms with van der Waals surface area (Å²) in [6.45, 7) is 8.55. The first-order valence-electron chi connectivity index (χ1n) is 7.88. The smallest absolute Gasteiger partial charge is 0.0100 e. The van der Waals surface area contributed by atoms with Gasteiger partial charge in [0.05, 0.1) is 0 Å². The highest BCUT2D eigenvalue weighted by atomic mass is 32.2. The SMILES string of the molecule is CC(C)(C)C1CCCCC1NCC1CCSCC1. The molecular formula is C16H31NS. The summed E-state index contributed by atoms with van der Waals surface area (Å²) in [4.78, 5) is 0. The van der Waals surface area contributed by atoms with Crippen molar-refractivity contribution in [3.8, 4) is 0 Å². The molecule has 18 heavy (non-hydrogen) atoms. The Labute approximate surface area is 118 Å². The first kappa shape index (κ1) is 14.7. The second-order valence-electron chi connectivity index (χ2n) is 7.33. The van der Waals surface area contributed by atoms with Crippen LogP contribution >= 0.6 is 11.8 Å². The van der Waals surface area contributed by atoms with Crippen molar-refractivity contribution in [1.82, 2.24) is 5.32 Å². The molecule has 1 heterocycles. The lowest BCUT2D eigenvalue weighted by Crippen LogP contribution is -2.46. The highest BCUT2D eigenvalue weighted by Gasteiger charge is 2.34. The van der Waals surface area contributed by atoms with Crippen LogP contribution in [0, 0.1) is 17.3 Å². The van der Waals surface area contributed by atoms with E-state index in [-0.39, 0.29) is 0 Å². The van der Waals surface area contributed by atoms with Gasteiger partial charge in [-0.25, -0.2) is 0 Å². The van der Waals surface area contributed by atoms with Crippen molar-refractivity contribution in [3.05, 3.63) is 0 Å². The van der Waals surface area contributed by atoms with Crippen LogP contribution in [0.4, 0.5) is 0 Å². The minimum absolute atomic E-state index is 0.473. The van der Waals surface area contributed by atoms with Gasteiger partial charge in [-0.2, -0.15) is 11.8 Å². The molecule has 1 aliphatic carbocycles. The Morgan fingerprint density at radius 3 is 2.33 bits per heavy atom. The number of hydrogen-bond donors (Lipinski definition) is 1. The Morgan fingerprint density at radius 1 is 1.00 bits per heavy atom. The molecule has 2 atom stereocenters. The van der Waals surface area contributed by atoms with Crippen LogP contribution in [0.2, 0.25) is 0 Å². The van der Waals surface area contributed by atoms with Gasteiger partial charge in [0.2, 0.25) is 0 Å². The van der Waals surface area contributed by atoms with Gasteiger partial charge in [-0.3, -0.25) is 0 Å². The minimum atomic E-state index is 0.473. The number of thioether (sulfide) groups is 1. The Balaban J connectivity index is 1.81. The van der Waals surface area contributed by atoms with Gasteiger partial charge in [-0.05, 0) is 61.0 Å². The van der Waals surface area contributed by atoms with E-state index in [4.69, 9.17) is 0 Å². The standard InChI is InChI=1S/C16H31NS/c1-16(2,3)14-6-4-5-7-15(14)17-12-13-8-10-18-11-9-13/h13-15,17H,4-12H2,1-3H3. The molecule has 0 spiro atoms.